The fraction of sp³-hybridized carbons (Fsp3) is 0.857. The minimum Gasteiger partial charge on any atom is -0.396 e. The van der Waals surface area contributed by atoms with Crippen LogP contribution in [0, 0.1) is 7.43 Å². The van der Waals surface area contributed by atoms with E-state index in [9.17, 15) is 0 Å². The molecule has 1 heterocycles. The molecule has 1 fully saturated rings. The molecule has 0 aliphatic carbocycles. The van der Waals surface area contributed by atoms with Gasteiger partial charge < -0.3 is 12.5 Å². The first-order valence-corrected chi connectivity index (χ1v) is 3.66. The third-order valence-corrected chi connectivity index (χ3v) is 1.63. The summed E-state index contributed by atoms with van der Waals surface area (Å²) in [5, 5.41) is 18.2. The second kappa shape index (κ2) is 14.0. The third kappa shape index (κ3) is 9.51. The Kier molecular flexibility index (Phi) is 24.2. The first-order chi connectivity index (χ1) is 4.83. The van der Waals surface area contributed by atoms with Gasteiger partial charge in [0.1, 0.15) is 0 Å². The molecule has 14 heavy (non-hydrogen) atoms. The summed E-state index contributed by atoms with van der Waals surface area (Å²) < 4.78 is 0. The molecule has 4 N–H and O–H groups in total. The van der Waals surface area contributed by atoms with E-state index < -0.39 is 0 Å². The Morgan fingerprint density at radius 1 is 1.29 bits per heavy atom. The fourth-order valence-electron chi connectivity index (χ4n) is 1.07. The Balaban J connectivity index is -0.000000125. The molecule has 2 atom stereocenters. The number of hydrogen-bond acceptors (Lipinski definition) is 4. The standard InChI is InChI=1S/C6H15N3O.CH3.2ClH.Cr/c1-5-7-4-8-6(9-5)2-3-10;;;;/h5-10H,2-4H2,1H3;1H3;2*1H;/q;-1;;;. The Hall–Kier alpha value is 0.952. The summed E-state index contributed by atoms with van der Waals surface area (Å²) in [6.07, 6.45) is 1.38. The van der Waals surface area contributed by atoms with Crippen molar-refractivity contribution in [3.8, 4) is 0 Å². The second-order valence-electron chi connectivity index (χ2n) is 2.54. The van der Waals surface area contributed by atoms with E-state index >= 15 is 0 Å². The van der Waals surface area contributed by atoms with Gasteiger partial charge in [-0.25, -0.2) is 0 Å². The zero-order valence-electron chi connectivity index (χ0n) is 8.45. The van der Waals surface area contributed by atoms with Crippen LogP contribution in [0.3, 0.4) is 0 Å². The Morgan fingerprint density at radius 3 is 2.29 bits per heavy atom. The van der Waals surface area contributed by atoms with E-state index in [0.717, 1.165) is 13.1 Å². The first kappa shape index (κ1) is 24.3. The van der Waals surface area contributed by atoms with E-state index in [2.05, 4.69) is 22.9 Å². The molecule has 0 aromatic carbocycles. The molecule has 0 aromatic rings. The Morgan fingerprint density at radius 2 is 1.86 bits per heavy atom. The van der Waals surface area contributed by atoms with E-state index in [-0.39, 0.29) is 62.4 Å². The summed E-state index contributed by atoms with van der Waals surface area (Å²) in [4.78, 5) is 0. The molecule has 2 unspecified atom stereocenters. The normalized spacial score (nSPS) is 24.4. The van der Waals surface area contributed by atoms with Crippen LogP contribution in [0.4, 0.5) is 0 Å². The van der Waals surface area contributed by atoms with Gasteiger partial charge in [0.05, 0.1) is 12.3 Å². The van der Waals surface area contributed by atoms with Crippen molar-refractivity contribution in [3.05, 3.63) is 7.43 Å². The number of nitrogens with one attached hydrogen (secondary N) is 3. The van der Waals surface area contributed by atoms with Crippen molar-refractivity contribution < 1.29 is 22.5 Å². The van der Waals surface area contributed by atoms with Gasteiger partial charge in [0.15, 0.2) is 0 Å². The predicted molar refractivity (Wildman–Crippen MR) is 60.1 cm³/mol. The molecule has 0 aromatic heterocycles. The quantitative estimate of drug-likeness (QED) is 0.543. The van der Waals surface area contributed by atoms with Gasteiger partial charge in [0.25, 0.3) is 0 Å². The fourth-order valence-corrected chi connectivity index (χ4v) is 1.07. The summed E-state index contributed by atoms with van der Waals surface area (Å²) in [6.45, 7) is 3.11. The molecule has 7 heteroatoms. The van der Waals surface area contributed by atoms with Gasteiger partial charge in [-0.2, -0.15) is 0 Å². The topological polar surface area (TPSA) is 56.3 Å². The van der Waals surface area contributed by atoms with Crippen LogP contribution in [0.1, 0.15) is 13.3 Å². The van der Waals surface area contributed by atoms with Crippen molar-refractivity contribution in [3.63, 3.8) is 0 Å². The van der Waals surface area contributed by atoms with Crippen LogP contribution in [0.5, 0.6) is 0 Å². The van der Waals surface area contributed by atoms with E-state index in [1.54, 1.807) is 0 Å². The third-order valence-electron chi connectivity index (χ3n) is 1.63. The largest absolute Gasteiger partial charge is 0.396 e. The number of hydrogen-bond donors (Lipinski definition) is 4. The van der Waals surface area contributed by atoms with E-state index in [4.69, 9.17) is 5.11 Å². The molecule has 0 radical (unpaired) electrons. The minimum absolute atomic E-state index is 0. The molecule has 90 valence electrons. The summed E-state index contributed by atoms with van der Waals surface area (Å²) in [5.41, 5.74) is 0. The molecule has 1 rings (SSSR count). The maximum Gasteiger partial charge on any atom is 0.0615 e. The van der Waals surface area contributed by atoms with Gasteiger partial charge in [-0.3, -0.25) is 16.0 Å². The van der Waals surface area contributed by atoms with Crippen LogP contribution in [0.25, 0.3) is 0 Å². The first-order valence-electron chi connectivity index (χ1n) is 3.66. The predicted octanol–water partition coefficient (Wildman–Crippen LogP) is 0.0722. The van der Waals surface area contributed by atoms with Crippen molar-refractivity contribution in [2.45, 2.75) is 25.7 Å². The number of rotatable bonds is 2. The zero-order chi connectivity index (χ0) is 7.40. The second-order valence-corrected chi connectivity index (χ2v) is 2.54. The molecule has 0 saturated carbocycles. The molecule has 1 saturated heterocycles. The molecular formula is C7H20Cl2CrN3O-. The van der Waals surface area contributed by atoms with Gasteiger partial charge in [-0.05, 0) is 13.3 Å². The average Bonchev–Trinajstić information content (AvgIpc) is 1.88. The molecule has 4 nitrogen and oxygen atoms in total. The average molecular weight is 285 g/mol. The summed E-state index contributed by atoms with van der Waals surface area (Å²) in [7, 11) is 0. The van der Waals surface area contributed by atoms with Crippen molar-refractivity contribution in [2.75, 3.05) is 13.3 Å². The van der Waals surface area contributed by atoms with Gasteiger partial charge in [0.2, 0.25) is 0 Å². The van der Waals surface area contributed by atoms with Crippen LogP contribution in [0.15, 0.2) is 0 Å². The van der Waals surface area contributed by atoms with Crippen molar-refractivity contribution >= 4 is 24.8 Å². The van der Waals surface area contributed by atoms with Gasteiger partial charge in [0, 0.05) is 30.6 Å². The zero-order valence-corrected chi connectivity index (χ0v) is 11.4. The molecular weight excluding hydrogens is 265 g/mol. The molecule has 0 spiro atoms. The van der Waals surface area contributed by atoms with Crippen LogP contribution >= 0.6 is 24.8 Å². The monoisotopic (exact) mass is 284 g/mol. The Labute approximate surface area is 110 Å². The summed E-state index contributed by atoms with van der Waals surface area (Å²) in [5.74, 6) is 0. The number of aliphatic hydroxyl groups is 1. The minimum atomic E-state index is 0. The molecule has 1 aliphatic heterocycles. The van der Waals surface area contributed by atoms with E-state index in [1.165, 1.54) is 0 Å². The van der Waals surface area contributed by atoms with E-state index in [1.807, 2.05) is 0 Å². The number of aliphatic hydroxyl groups excluding tert-OH is 1. The SMILES string of the molecule is CC1NCNC(CCO)N1.Cl.Cl.[CH3-].[Cr]. The maximum atomic E-state index is 8.60. The number of halogens is 2. The summed E-state index contributed by atoms with van der Waals surface area (Å²) >= 11 is 0. The molecule has 1 aliphatic rings. The van der Waals surface area contributed by atoms with Crippen LogP contribution in [-0.2, 0) is 17.4 Å². The van der Waals surface area contributed by atoms with Gasteiger partial charge >= 0.3 is 0 Å². The summed E-state index contributed by atoms with van der Waals surface area (Å²) in [6, 6.07) is 0. The van der Waals surface area contributed by atoms with Crippen LogP contribution < -0.4 is 16.0 Å². The van der Waals surface area contributed by atoms with Crippen LogP contribution in [-0.4, -0.2) is 30.7 Å². The van der Waals surface area contributed by atoms with Gasteiger partial charge in [-0.1, -0.05) is 0 Å². The van der Waals surface area contributed by atoms with E-state index in [0.29, 0.717) is 6.17 Å². The smallest absolute Gasteiger partial charge is 0.0615 e. The maximum absolute atomic E-state index is 8.60. The van der Waals surface area contributed by atoms with Crippen molar-refractivity contribution in [1.82, 2.24) is 16.0 Å². The Bertz CT molecular complexity index is 111. The molecule has 0 bridgehead atoms. The van der Waals surface area contributed by atoms with Crippen LogP contribution in [0.2, 0.25) is 0 Å². The van der Waals surface area contributed by atoms with Crippen molar-refractivity contribution in [2.24, 2.45) is 0 Å². The van der Waals surface area contributed by atoms with Crippen molar-refractivity contribution in [1.29, 1.82) is 0 Å². The van der Waals surface area contributed by atoms with Gasteiger partial charge in [-0.15, -0.1) is 24.8 Å². The molecule has 0 amide bonds.